The molecule has 1 aromatic rings. The van der Waals surface area contributed by atoms with Crippen LogP contribution in [0.4, 0.5) is 0 Å². The van der Waals surface area contributed by atoms with Gasteiger partial charge in [-0.25, -0.2) is 0 Å². The van der Waals surface area contributed by atoms with Gasteiger partial charge in [0.05, 0.1) is 13.2 Å². The van der Waals surface area contributed by atoms with E-state index in [-0.39, 0.29) is 12.4 Å². The Morgan fingerprint density at radius 2 is 1.47 bits per heavy atom. The molecule has 0 aliphatic carbocycles. The molecule has 1 atom stereocenters. The Labute approximate surface area is 91.0 Å². The second kappa shape index (κ2) is 5.61. The van der Waals surface area contributed by atoms with E-state index in [0.29, 0.717) is 0 Å². The second-order valence-electron chi connectivity index (χ2n) is 3.55. The summed E-state index contributed by atoms with van der Waals surface area (Å²) in [6.45, 7) is 5.84. The van der Waals surface area contributed by atoms with E-state index in [1.165, 1.54) is 0 Å². The van der Waals surface area contributed by atoms with Crippen LogP contribution in [0.15, 0.2) is 24.3 Å². The van der Waals surface area contributed by atoms with Gasteiger partial charge in [0, 0.05) is 0 Å². The van der Waals surface area contributed by atoms with Crippen molar-refractivity contribution in [3.8, 4) is 11.5 Å². The summed E-state index contributed by atoms with van der Waals surface area (Å²) in [5, 5.41) is 0. The molecule has 15 heavy (non-hydrogen) atoms. The Morgan fingerprint density at radius 1 is 0.933 bits per heavy atom. The van der Waals surface area contributed by atoms with Crippen molar-refractivity contribution < 1.29 is 14.2 Å². The maximum absolute atomic E-state index is 5.55. The van der Waals surface area contributed by atoms with Crippen molar-refractivity contribution >= 4 is 0 Å². The van der Waals surface area contributed by atoms with E-state index in [1.807, 2.05) is 45.0 Å². The van der Waals surface area contributed by atoms with E-state index in [2.05, 4.69) is 0 Å². The third-order valence-corrected chi connectivity index (χ3v) is 1.83. The lowest BCUT2D eigenvalue weighted by Crippen LogP contribution is -2.20. The maximum atomic E-state index is 5.55. The van der Waals surface area contributed by atoms with Crippen LogP contribution in [0.3, 0.4) is 0 Å². The van der Waals surface area contributed by atoms with Crippen LogP contribution in [0.1, 0.15) is 20.8 Å². The molecule has 1 unspecified atom stereocenters. The SMILES string of the molecule is COc1ccc(OC(C)OC(C)C)cc1. The highest BCUT2D eigenvalue weighted by atomic mass is 16.7. The smallest absolute Gasteiger partial charge is 0.197 e. The highest BCUT2D eigenvalue weighted by Gasteiger charge is 2.05. The van der Waals surface area contributed by atoms with Crippen molar-refractivity contribution in [1.29, 1.82) is 0 Å². The van der Waals surface area contributed by atoms with E-state index in [9.17, 15) is 0 Å². The van der Waals surface area contributed by atoms with Gasteiger partial charge in [-0.3, -0.25) is 0 Å². The number of rotatable bonds is 5. The summed E-state index contributed by atoms with van der Waals surface area (Å²) in [5.74, 6) is 1.60. The highest BCUT2D eigenvalue weighted by Crippen LogP contribution is 2.18. The lowest BCUT2D eigenvalue weighted by atomic mass is 10.3. The largest absolute Gasteiger partial charge is 0.497 e. The van der Waals surface area contributed by atoms with Gasteiger partial charge in [0.2, 0.25) is 0 Å². The van der Waals surface area contributed by atoms with Gasteiger partial charge in [-0.05, 0) is 45.0 Å². The zero-order valence-electron chi connectivity index (χ0n) is 9.69. The van der Waals surface area contributed by atoms with Gasteiger partial charge in [0.1, 0.15) is 11.5 Å². The Morgan fingerprint density at radius 3 is 1.93 bits per heavy atom. The predicted molar refractivity (Wildman–Crippen MR) is 59.3 cm³/mol. The number of benzene rings is 1. The maximum Gasteiger partial charge on any atom is 0.197 e. The third-order valence-electron chi connectivity index (χ3n) is 1.83. The number of methoxy groups -OCH3 is 1. The van der Waals surface area contributed by atoms with Crippen LogP contribution >= 0.6 is 0 Å². The first-order valence-electron chi connectivity index (χ1n) is 5.08. The van der Waals surface area contributed by atoms with E-state index >= 15 is 0 Å². The molecule has 0 radical (unpaired) electrons. The molecule has 0 aromatic heterocycles. The molecular formula is C12H18O3. The number of ether oxygens (including phenoxy) is 3. The van der Waals surface area contributed by atoms with Crippen molar-refractivity contribution in [3.63, 3.8) is 0 Å². The Kier molecular flexibility index (Phi) is 4.43. The third kappa shape index (κ3) is 4.21. The first kappa shape index (κ1) is 11.9. The summed E-state index contributed by atoms with van der Waals surface area (Å²) in [5.41, 5.74) is 0. The molecule has 0 aliphatic heterocycles. The fourth-order valence-corrected chi connectivity index (χ4v) is 1.26. The minimum absolute atomic E-state index is 0.165. The molecule has 84 valence electrons. The molecule has 0 bridgehead atoms. The van der Waals surface area contributed by atoms with Crippen molar-refractivity contribution in [2.24, 2.45) is 0 Å². The monoisotopic (exact) mass is 210 g/mol. The molecule has 0 heterocycles. The Bertz CT molecular complexity index is 279. The quantitative estimate of drug-likeness (QED) is 0.699. The zero-order valence-corrected chi connectivity index (χ0v) is 9.69. The molecule has 1 rings (SSSR count). The van der Waals surface area contributed by atoms with Gasteiger partial charge in [0.15, 0.2) is 6.29 Å². The van der Waals surface area contributed by atoms with Gasteiger partial charge in [-0.15, -0.1) is 0 Å². The van der Waals surface area contributed by atoms with Crippen LogP contribution < -0.4 is 9.47 Å². The molecule has 0 aliphatic rings. The average Bonchev–Trinajstić information content (AvgIpc) is 2.17. The molecule has 0 N–H and O–H groups in total. The second-order valence-corrected chi connectivity index (χ2v) is 3.55. The summed E-state index contributed by atoms with van der Waals surface area (Å²) in [4.78, 5) is 0. The average molecular weight is 210 g/mol. The summed E-state index contributed by atoms with van der Waals surface area (Å²) in [6.07, 6.45) is -0.0726. The standard InChI is InChI=1S/C12H18O3/c1-9(2)14-10(3)15-12-7-5-11(13-4)6-8-12/h5-10H,1-4H3. The van der Waals surface area contributed by atoms with Crippen LogP contribution in [-0.2, 0) is 4.74 Å². The van der Waals surface area contributed by atoms with Crippen molar-refractivity contribution in [3.05, 3.63) is 24.3 Å². The normalized spacial score (nSPS) is 12.6. The molecular weight excluding hydrogens is 192 g/mol. The van der Waals surface area contributed by atoms with Crippen LogP contribution in [-0.4, -0.2) is 19.5 Å². The van der Waals surface area contributed by atoms with Gasteiger partial charge in [-0.1, -0.05) is 0 Å². The van der Waals surface area contributed by atoms with Crippen molar-refractivity contribution in [2.45, 2.75) is 33.2 Å². The summed E-state index contributed by atoms with van der Waals surface area (Å²) in [7, 11) is 1.64. The zero-order chi connectivity index (χ0) is 11.3. The molecule has 0 saturated carbocycles. The molecule has 1 aromatic carbocycles. The molecule has 0 saturated heterocycles. The fraction of sp³-hybridized carbons (Fsp3) is 0.500. The fourth-order valence-electron chi connectivity index (χ4n) is 1.26. The van der Waals surface area contributed by atoms with Crippen molar-refractivity contribution in [1.82, 2.24) is 0 Å². The molecule has 0 spiro atoms. The molecule has 0 fully saturated rings. The minimum Gasteiger partial charge on any atom is -0.497 e. The van der Waals surface area contributed by atoms with E-state index in [0.717, 1.165) is 11.5 Å². The van der Waals surface area contributed by atoms with E-state index < -0.39 is 0 Å². The summed E-state index contributed by atoms with van der Waals surface area (Å²) in [6, 6.07) is 7.44. The van der Waals surface area contributed by atoms with Crippen LogP contribution in [0.5, 0.6) is 11.5 Å². The molecule has 3 heteroatoms. The Hall–Kier alpha value is -1.22. The van der Waals surface area contributed by atoms with E-state index in [4.69, 9.17) is 14.2 Å². The summed E-state index contributed by atoms with van der Waals surface area (Å²) >= 11 is 0. The highest BCUT2D eigenvalue weighted by molar-refractivity contribution is 5.31. The first-order valence-corrected chi connectivity index (χ1v) is 5.08. The van der Waals surface area contributed by atoms with Crippen molar-refractivity contribution in [2.75, 3.05) is 7.11 Å². The lowest BCUT2D eigenvalue weighted by Gasteiger charge is -2.17. The Balaban J connectivity index is 2.49. The minimum atomic E-state index is -0.238. The number of hydrogen-bond donors (Lipinski definition) is 0. The van der Waals surface area contributed by atoms with Crippen LogP contribution in [0.2, 0.25) is 0 Å². The van der Waals surface area contributed by atoms with Crippen LogP contribution in [0.25, 0.3) is 0 Å². The van der Waals surface area contributed by atoms with E-state index in [1.54, 1.807) is 7.11 Å². The lowest BCUT2D eigenvalue weighted by molar-refractivity contribution is -0.0950. The molecule has 0 amide bonds. The predicted octanol–water partition coefficient (Wildman–Crippen LogP) is 2.85. The van der Waals surface area contributed by atoms with Crippen LogP contribution in [0, 0.1) is 0 Å². The van der Waals surface area contributed by atoms with Gasteiger partial charge in [-0.2, -0.15) is 0 Å². The van der Waals surface area contributed by atoms with Gasteiger partial charge >= 0.3 is 0 Å². The molecule has 3 nitrogen and oxygen atoms in total. The topological polar surface area (TPSA) is 27.7 Å². The first-order chi connectivity index (χ1) is 7.11. The summed E-state index contributed by atoms with van der Waals surface area (Å²) < 4.78 is 16.1. The van der Waals surface area contributed by atoms with Gasteiger partial charge < -0.3 is 14.2 Å². The van der Waals surface area contributed by atoms with Gasteiger partial charge in [0.25, 0.3) is 0 Å². The number of hydrogen-bond acceptors (Lipinski definition) is 3.